The minimum atomic E-state index is -1.02. The van der Waals surface area contributed by atoms with Crippen molar-refractivity contribution >= 4 is 17.6 Å². The van der Waals surface area contributed by atoms with Crippen molar-refractivity contribution in [3.05, 3.63) is 47.0 Å². The SMILES string of the molecule is COc1cccc(OC)c1-c1cc(C(=O)O)ccc1Cl. The Labute approximate surface area is 121 Å². The van der Waals surface area contributed by atoms with Crippen LogP contribution < -0.4 is 9.47 Å². The Morgan fingerprint density at radius 3 is 2.20 bits per heavy atom. The smallest absolute Gasteiger partial charge is 0.335 e. The van der Waals surface area contributed by atoms with E-state index >= 15 is 0 Å². The second kappa shape index (κ2) is 5.84. The lowest BCUT2D eigenvalue weighted by molar-refractivity contribution is 0.0697. The molecule has 0 aromatic heterocycles. The Hall–Kier alpha value is -2.20. The van der Waals surface area contributed by atoms with Gasteiger partial charge in [-0.2, -0.15) is 0 Å². The third kappa shape index (κ3) is 2.56. The Balaban J connectivity index is 2.73. The highest BCUT2D eigenvalue weighted by molar-refractivity contribution is 6.33. The minimum absolute atomic E-state index is 0.150. The second-order valence-electron chi connectivity index (χ2n) is 4.04. The molecule has 0 bridgehead atoms. The number of hydrogen-bond donors (Lipinski definition) is 1. The van der Waals surface area contributed by atoms with Crippen molar-refractivity contribution in [2.75, 3.05) is 14.2 Å². The number of ether oxygens (including phenoxy) is 2. The number of carbonyl (C=O) groups is 1. The van der Waals surface area contributed by atoms with E-state index in [9.17, 15) is 4.79 Å². The molecular formula is C15H13ClO4. The predicted octanol–water partition coefficient (Wildman–Crippen LogP) is 3.72. The van der Waals surface area contributed by atoms with Gasteiger partial charge in [0.05, 0.1) is 25.3 Å². The summed E-state index contributed by atoms with van der Waals surface area (Å²) in [6.45, 7) is 0. The maximum absolute atomic E-state index is 11.1. The predicted molar refractivity (Wildman–Crippen MR) is 77.0 cm³/mol. The molecule has 0 saturated heterocycles. The maximum atomic E-state index is 11.1. The van der Waals surface area contributed by atoms with Crippen molar-refractivity contribution in [3.63, 3.8) is 0 Å². The van der Waals surface area contributed by atoms with Crippen LogP contribution in [0.2, 0.25) is 5.02 Å². The van der Waals surface area contributed by atoms with Gasteiger partial charge in [0, 0.05) is 10.6 Å². The Morgan fingerprint density at radius 1 is 1.10 bits per heavy atom. The van der Waals surface area contributed by atoms with Crippen LogP contribution in [0.3, 0.4) is 0 Å². The van der Waals surface area contributed by atoms with E-state index in [1.54, 1.807) is 24.3 Å². The minimum Gasteiger partial charge on any atom is -0.496 e. The fourth-order valence-corrected chi connectivity index (χ4v) is 2.18. The highest BCUT2D eigenvalue weighted by atomic mass is 35.5. The van der Waals surface area contributed by atoms with Crippen LogP contribution in [-0.2, 0) is 0 Å². The Bertz CT molecular complexity index is 630. The first-order chi connectivity index (χ1) is 9.58. The summed E-state index contributed by atoms with van der Waals surface area (Å²) in [6, 6.07) is 9.83. The molecule has 0 radical (unpaired) electrons. The topological polar surface area (TPSA) is 55.8 Å². The van der Waals surface area contributed by atoms with E-state index in [2.05, 4.69) is 0 Å². The summed E-state index contributed by atoms with van der Waals surface area (Å²) in [7, 11) is 3.07. The number of benzene rings is 2. The number of hydrogen-bond acceptors (Lipinski definition) is 3. The highest BCUT2D eigenvalue weighted by Crippen LogP contribution is 2.41. The molecule has 0 spiro atoms. The van der Waals surface area contributed by atoms with Gasteiger partial charge in [0.2, 0.25) is 0 Å². The molecule has 104 valence electrons. The molecule has 2 aromatic carbocycles. The van der Waals surface area contributed by atoms with Crippen LogP contribution in [0.4, 0.5) is 0 Å². The van der Waals surface area contributed by atoms with Crippen molar-refractivity contribution in [2.45, 2.75) is 0 Å². The van der Waals surface area contributed by atoms with E-state index in [-0.39, 0.29) is 5.56 Å². The second-order valence-corrected chi connectivity index (χ2v) is 4.44. The Morgan fingerprint density at radius 2 is 1.70 bits per heavy atom. The first kappa shape index (κ1) is 14.2. The average Bonchev–Trinajstić information content (AvgIpc) is 2.46. The van der Waals surface area contributed by atoms with Gasteiger partial charge in [0.1, 0.15) is 11.5 Å². The van der Waals surface area contributed by atoms with Gasteiger partial charge in [0.25, 0.3) is 0 Å². The molecule has 0 aliphatic rings. The fraction of sp³-hybridized carbons (Fsp3) is 0.133. The highest BCUT2D eigenvalue weighted by Gasteiger charge is 2.17. The molecular weight excluding hydrogens is 280 g/mol. The average molecular weight is 293 g/mol. The van der Waals surface area contributed by atoms with Gasteiger partial charge in [-0.15, -0.1) is 0 Å². The molecule has 0 aliphatic carbocycles. The van der Waals surface area contributed by atoms with Gasteiger partial charge >= 0.3 is 5.97 Å². The third-order valence-electron chi connectivity index (χ3n) is 2.91. The molecule has 2 aromatic rings. The largest absolute Gasteiger partial charge is 0.496 e. The van der Waals surface area contributed by atoms with E-state index in [1.165, 1.54) is 26.4 Å². The lowest BCUT2D eigenvalue weighted by atomic mass is 10.0. The molecule has 5 heteroatoms. The van der Waals surface area contributed by atoms with Crippen LogP contribution in [0.5, 0.6) is 11.5 Å². The van der Waals surface area contributed by atoms with Crippen LogP contribution in [0, 0.1) is 0 Å². The summed E-state index contributed by atoms with van der Waals surface area (Å²) < 4.78 is 10.6. The van der Waals surface area contributed by atoms with E-state index in [4.69, 9.17) is 26.2 Å². The molecule has 1 N–H and O–H groups in total. The van der Waals surface area contributed by atoms with Crippen molar-refractivity contribution in [1.82, 2.24) is 0 Å². The summed E-state index contributed by atoms with van der Waals surface area (Å²) >= 11 is 6.19. The first-order valence-electron chi connectivity index (χ1n) is 5.82. The zero-order chi connectivity index (χ0) is 14.7. The zero-order valence-corrected chi connectivity index (χ0v) is 11.8. The van der Waals surface area contributed by atoms with E-state index in [1.807, 2.05) is 0 Å². The zero-order valence-electron chi connectivity index (χ0n) is 11.0. The summed E-state index contributed by atoms with van der Waals surface area (Å²) in [5.41, 5.74) is 1.34. The molecule has 0 heterocycles. The molecule has 0 unspecified atom stereocenters. The number of aromatic carboxylic acids is 1. The summed E-state index contributed by atoms with van der Waals surface area (Å²) in [6.07, 6.45) is 0. The van der Waals surface area contributed by atoms with Crippen molar-refractivity contribution in [2.24, 2.45) is 0 Å². The van der Waals surface area contributed by atoms with Crippen LogP contribution >= 0.6 is 11.6 Å². The molecule has 0 aliphatic heterocycles. The standard InChI is InChI=1S/C15H13ClO4/c1-19-12-4-3-5-13(20-2)14(12)10-8-9(15(17)18)6-7-11(10)16/h3-8H,1-2H3,(H,17,18). The van der Waals surface area contributed by atoms with E-state index in [0.717, 1.165) is 0 Å². The maximum Gasteiger partial charge on any atom is 0.335 e. The van der Waals surface area contributed by atoms with Crippen LogP contribution in [0.15, 0.2) is 36.4 Å². The molecule has 20 heavy (non-hydrogen) atoms. The van der Waals surface area contributed by atoms with E-state index in [0.29, 0.717) is 27.6 Å². The van der Waals surface area contributed by atoms with Crippen LogP contribution in [0.25, 0.3) is 11.1 Å². The number of carboxylic acids is 1. The van der Waals surface area contributed by atoms with Crippen LogP contribution in [0.1, 0.15) is 10.4 Å². The van der Waals surface area contributed by atoms with Gasteiger partial charge in [-0.25, -0.2) is 4.79 Å². The van der Waals surface area contributed by atoms with Crippen LogP contribution in [-0.4, -0.2) is 25.3 Å². The van der Waals surface area contributed by atoms with Gasteiger partial charge in [-0.1, -0.05) is 17.7 Å². The normalized spacial score (nSPS) is 10.2. The van der Waals surface area contributed by atoms with Crippen molar-refractivity contribution in [3.8, 4) is 22.6 Å². The molecule has 4 nitrogen and oxygen atoms in total. The monoisotopic (exact) mass is 292 g/mol. The summed E-state index contributed by atoms with van der Waals surface area (Å²) in [5.74, 6) is 0.111. The molecule has 0 atom stereocenters. The van der Waals surface area contributed by atoms with Gasteiger partial charge in [-0.3, -0.25) is 0 Å². The third-order valence-corrected chi connectivity index (χ3v) is 3.24. The quantitative estimate of drug-likeness (QED) is 0.933. The van der Waals surface area contributed by atoms with Gasteiger partial charge in [0.15, 0.2) is 0 Å². The lowest BCUT2D eigenvalue weighted by Gasteiger charge is -2.14. The van der Waals surface area contributed by atoms with Crippen molar-refractivity contribution in [1.29, 1.82) is 0 Å². The fourth-order valence-electron chi connectivity index (χ4n) is 1.97. The molecule has 2 rings (SSSR count). The molecule has 0 saturated carbocycles. The summed E-state index contributed by atoms with van der Waals surface area (Å²) in [5, 5.41) is 9.52. The van der Waals surface area contributed by atoms with Gasteiger partial charge in [-0.05, 0) is 30.3 Å². The Kier molecular flexibility index (Phi) is 4.15. The summed E-state index contributed by atoms with van der Waals surface area (Å²) in [4.78, 5) is 11.1. The van der Waals surface area contributed by atoms with Crippen molar-refractivity contribution < 1.29 is 19.4 Å². The van der Waals surface area contributed by atoms with Gasteiger partial charge < -0.3 is 14.6 Å². The van der Waals surface area contributed by atoms with E-state index < -0.39 is 5.97 Å². The number of halogens is 1. The lowest BCUT2D eigenvalue weighted by Crippen LogP contribution is -1.98. The number of methoxy groups -OCH3 is 2. The molecule has 0 amide bonds. The number of rotatable bonds is 4. The first-order valence-corrected chi connectivity index (χ1v) is 6.20. The molecule has 0 fully saturated rings. The number of carboxylic acid groups (broad SMARTS) is 1.